The largest absolute Gasteiger partial charge is 0.345 e. The van der Waals surface area contributed by atoms with E-state index in [9.17, 15) is 9.59 Å². The molecular formula is C20H23N5O2. The number of imidazole rings is 1. The van der Waals surface area contributed by atoms with Gasteiger partial charge in [-0.3, -0.25) is 4.79 Å². The summed E-state index contributed by atoms with van der Waals surface area (Å²) in [6.07, 6.45) is 4.38. The van der Waals surface area contributed by atoms with Crippen LogP contribution in [0.25, 0.3) is 0 Å². The van der Waals surface area contributed by atoms with Crippen molar-refractivity contribution in [1.29, 1.82) is 0 Å². The molecule has 2 N–H and O–H groups in total. The first kappa shape index (κ1) is 18.6. The predicted molar refractivity (Wildman–Crippen MR) is 102 cm³/mol. The SMILES string of the molecule is Cc1nc(=O)[nH]c(C)c1CCC(=O)N[C@@H](c1ccccc1)c1nccn1C. The van der Waals surface area contributed by atoms with Gasteiger partial charge >= 0.3 is 5.69 Å². The van der Waals surface area contributed by atoms with Crippen molar-refractivity contribution < 1.29 is 4.79 Å². The topological polar surface area (TPSA) is 92.7 Å². The van der Waals surface area contributed by atoms with Gasteiger partial charge in [0.25, 0.3) is 0 Å². The maximum atomic E-state index is 12.7. The molecule has 0 saturated carbocycles. The highest BCUT2D eigenvalue weighted by molar-refractivity contribution is 5.77. The minimum Gasteiger partial charge on any atom is -0.342 e. The Morgan fingerprint density at radius 2 is 2.00 bits per heavy atom. The Balaban J connectivity index is 1.76. The lowest BCUT2D eigenvalue weighted by Gasteiger charge is -2.19. The fourth-order valence-corrected chi connectivity index (χ4v) is 3.19. The third-order valence-corrected chi connectivity index (χ3v) is 4.61. The van der Waals surface area contributed by atoms with Crippen molar-refractivity contribution >= 4 is 5.91 Å². The molecule has 27 heavy (non-hydrogen) atoms. The van der Waals surface area contributed by atoms with E-state index in [0.717, 1.165) is 22.6 Å². The number of benzene rings is 1. The van der Waals surface area contributed by atoms with Crippen molar-refractivity contribution in [2.24, 2.45) is 7.05 Å². The normalized spacial score (nSPS) is 12.0. The Labute approximate surface area is 157 Å². The molecule has 2 heterocycles. The van der Waals surface area contributed by atoms with Crippen LogP contribution in [0.5, 0.6) is 0 Å². The maximum absolute atomic E-state index is 12.7. The molecule has 0 saturated heterocycles. The van der Waals surface area contributed by atoms with Crippen molar-refractivity contribution in [2.45, 2.75) is 32.7 Å². The number of nitrogens with zero attached hydrogens (tertiary/aromatic N) is 3. The van der Waals surface area contributed by atoms with Gasteiger partial charge in [-0.1, -0.05) is 30.3 Å². The number of carbonyl (C=O) groups is 1. The number of aromatic nitrogens is 4. The average molecular weight is 365 g/mol. The van der Waals surface area contributed by atoms with Crippen LogP contribution in [0.1, 0.15) is 40.8 Å². The minimum atomic E-state index is -0.364. The molecule has 0 spiro atoms. The summed E-state index contributed by atoms with van der Waals surface area (Å²) in [6.45, 7) is 3.61. The van der Waals surface area contributed by atoms with Crippen LogP contribution in [0.4, 0.5) is 0 Å². The van der Waals surface area contributed by atoms with Crippen molar-refractivity contribution in [3.05, 3.63) is 81.5 Å². The molecule has 1 aromatic carbocycles. The van der Waals surface area contributed by atoms with Crippen LogP contribution in [0.15, 0.2) is 47.5 Å². The van der Waals surface area contributed by atoms with E-state index in [1.807, 2.05) is 55.1 Å². The van der Waals surface area contributed by atoms with Gasteiger partial charge in [0.05, 0.1) is 0 Å². The van der Waals surface area contributed by atoms with Crippen LogP contribution in [0, 0.1) is 13.8 Å². The summed E-state index contributed by atoms with van der Waals surface area (Å²) in [5, 5.41) is 3.08. The second-order valence-corrected chi connectivity index (χ2v) is 6.54. The van der Waals surface area contributed by atoms with Crippen LogP contribution >= 0.6 is 0 Å². The number of aromatic amines is 1. The van der Waals surface area contributed by atoms with Crippen LogP contribution in [-0.4, -0.2) is 25.4 Å². The first-order valence-electron chi connectivity index (χ1n) is 8.83. The van der Waals surface area contributed by atoms with E-state index in [1.54, 1.807) is 13.1 Å². The molecule has 0 radical (unpaired) electrons. The number of amides is 1. The second-order valence-electron chi connectivity index (χ2n) is 6.54. The molecule has 2 aromatic heterocycles. The highest BCUT2D eigenvalue weighted by Gasteiger charge is 2.20. The zero-order chi connectivity index (χ0) is 19.4. The summed E-state index contributed by atoms with van der Waals surface area (Å²) in [5.74, 6) is 0.685. The van der Waals surface area contributed by atoms with Gasteiger partial charge in [-0.05, 0) is 31.4 Å². The first-order valence-corrected chi connectivity index (χ1v) is 8.83. The van der Waals surface area contributed by atoms with Gasteiger partial charge in [0.15, 0.2) is 0 Å². The molecule has 0 aliphatic carbocycles. The van der Waals surface area contributed by atoms with Gasteiger partial charge in [0.2, 0.25) is 5.91 Å². The summed E-state index contributed by atoms with van der Waals surface area (Å²) in [6, 6.07) is 9.44. The van der Waals surface area contributed by atoms with Gasteiger partial charge in [0.1, 0.15) is 11.9 Å². The van der Waals surface area contributed by atoms with E-state index in [4.69, 9.17) is 0 Å². The van der Waals surface area contributed by atoms with Gasteiger partial charge in [-0.25, -0.2) is 9.78 Å². The molecule has 3 rings (SSSR count). The zero-order valence-corrected chi connectivity index (χ0v) is 15.7. The van der Waals surface area contributed by atoms with Crippen LogP contribution in [-0.2, 0) is 18.3 Å². The van der Waals surface area contributed by atoms with E-state index in [0.29, 0.717) is 18.5 Å². The molecule has 0 fully saturated rings. The fraction of sp³-hybridized carbons (Fsp3) is 0.300. The summed E-state index contributed by atoms with van der Waals surface area (Å²) < 4.78 is 1.90. The molecule has 140 valence electrons. The number of nitrogens with one attached hydrogen (secondary N) is 2. The quantitative estimate of drug-likeness (QED) is 0.698. The van der Waals surface area contributed by atoms with Gasteiger partial charge in [0, 0.05) is 37.3 Å². The van der Waals surface area contributed by atoms with Crippen molar-refractivity contribution in [3.63, 3.8) is 0 Å². The molecule has 1 amide bonds. The van der Waals surface area contributed by atoms with E-state index in [2.05, 4.69) is 20.3 Å². The van der Waals surface area contributed by atoms with Gasteiger partial charge in [-0.2, -0.15) is 4.98 Å². The monoisotopic (exact) mass is 365 g/mol. The predicted octanol–water partition coefficient (Wildman–Crippen LogP) is 1.96. The average Bonchev–Trinajstić information content (AvgIpc) is 3.05. The van der Waals surface area contributed by atoms with E-state index < -0.39 is 0 Å². The number of rotatable bonds is 6. The Bertz CT molecular complexity index is 965. The number of H-pyrrole nitrogens is 1. The third-order valence-electron chi connectivity index (χ3n) is 4.61. The van der Waals surface area contributed by atoms with Crippen molar-refractivity contribution in [3.8, 4) is 0 Å². The lowest BCUT2D eigenvalue weighted by molar-refractivity contribution is -0.121. The number of hydrogen-bond acceptors (Lipinski definition) is 4. The third kappa shape index (κ3) is 4.31. The van der Waals surface area contributed by atoms with Crippen molar-refractivity contribution in [1.82, 2.24) is 24.8 Å². The van der Waals surface area contributed by atoms with Crippen molar-refractivity contribution in [2.75, 3.05) is 0 Å². The molecule has 0 aliphatic rings. The molecule has 7 heteroatoms. The molecular weight excluding hydrogens is 342 g/mol. The van der Waals surface area contributed by atoms with E-state index >= 15 is 0 Å². The Kier molecular flexibility index (Phi) is 5.49. The summed E-state index contributed by atoms with van der Waals surface area (Å²) in [7, 11) is 1.91. The lowest BCUT2D eigenvalue weighted by atomic mass is 10.0. The smallest absolute Gasteiger partial charge is 0.342 e. The standard InChI is InChI=1S/C20H23N5O2/c1-13-16(14(2)23-20(27)22-13)9-10-17(26)24-18(15-7-5-4-6-8-15)19-21-11-12-25(19)3/h4-8,11-12,18H,9-10H2,1-3H3,(H,24,26)(H,22,23,27)/t18-/m0/s1. The number of hydrogen-bond donors (Lipinski definition) is 2. The van der Waals surface area contributed by atoms with Gasteiger partial charge in [-0.15, -0.1) is 0 Å². The van der Waals surface area contributed by atoms with Crippen LogP contribution in [0.2, 0.25) is 0 Å². The molecule has 1 atom stereocenters. The fourth-order valence-electron chi connectivity index (χ4n) is 3.19. The van der Waals surface area contributed by atoms with Crippen LogP contribution in [0.3, 0.4) is 0 Å². The highest BCUT2D eigenvalue weighted by atomic mass is 16.1. The van der Waals surface area contributed by atoms with Gasteiger partial charge < -0.3 is 14.9 Å². The van der Waals surface area contributed by atoms with E-state index in [1.165, 1.54) is 0 Å². The molecule has 0 unspecified atom stereocenters. The lowest BCUT2D eigenvalue weighted by Crippen LogP contribution is -2.31. The molecule has 0 aliphatic heterocycles. The second kappa shape index (κ2) is 7.99. The number of carbonyl (C=O) groups excluding carboxylic acids is 1. The van der Waals surface area contributed by atoms with E-state index in [-0.39, 0.29) is 17.6 Å². The first-order chi connectivity index (χ1) is 13.0. The Morgan fingerprint density at radius 1 is 1.26 bits per heavy atom. The Morgan fingerprint density at radius 3 is 2.63 bits per heavy atom. The summed E-state index contributed by atoms with van der Waals surface area (Å²) in [4.78, 5) is 35.1. The zero-order valence-electron chi connectivity index (χ0n) is 15.7. The minimum absolute atomic E-state index is 0.0862. The molecule has 0 bridgehead atoms. The molecule has 7 nitrogen and oxygen atoms in total. The Hall–Kier alpha value is -3.22. The molecule has 3 aromatic rings. The summed E-state index contributed by atoms with van der Waals surface area (Å²) >= 11 is 0. The number of aryl methyl sites for hydroxylation is 3. The summed E-state index contributed by atoms with van der Waals surface area (Å²) in [5.41, 5.74) is 2.92. The maximum Gasteiger partial charge on any atom is 0.345 e. The highest BCUT2D eigenvalue weighted by Crippen LogP contribution is 2.20. The van der Waals surface area contributed by atoms with Crippen LogP contribution < -0.4 is 11.0 Å².